The smallest absolute Gasteiger partial charge is 0.309 e. The molecule has 0 aliphatic carbocycles. The Kier molecular flexibility index (Phi) is 3.14. The number of hydrogen-bond acceptors (Lipinski definition) is 3. The summed E-state index contributed by atoms with van der Waals surface area (Å²) in [5, 5.41) is 0.527. The van der Waals surface area contributed by atoms with Gasteiger partial charge in [-0.25, -0.2) is 0 Å². The minimum absolute atomic E-state index is 0.196. The largest absolute Gasteiger partial charge is 0.469 e. The van der Waals surface area contributed by atoms with Crippen molar-refractivity contribution in [2.75, 3.05) is 12.8 Å². The molecule has 0 unspecified atom stereocenters. The Labute approximate surface area is 81.4 Å². The Morgan fingerprint density at radius 2 is 2.23 bits per heavy atom. The number of nitrogen functional groups attached to an aromatic ring is 1. The third kappa shape index (κ3) is 2.95. The molecule has 0 aliphatic heterocycles. The van der Waals surface area contributed by atoms with Gasteiger partial charge in [-0.05, 0) is 23.8 Å². The van der Waals surface area contributed by atoms with E-state index >= 15 is 0 Å². The van der Waals surface area contributed by atoms with Crippen LogP contribution >= 0.6 is 11.6 Å². The predicted molar refractivity (Wildman–Crippen MR) is 51.6 cm³/mol. The first-order chi connectivity index (χ1) is 6.11. The van der Waals surface area contributed by atoms with Gasteiger partial charge in [0.15, 0.2) is 0 Å². The second-order valence-corrected chi connectivity index (χ2v) is 3.08. The van der Waals surface area contributed by atoms with Crippen LogP contribution in [0.15, 0.2) is 18.2 Å². The van der Waals surface area contributed by atoms with E-state index in [1.54, 1.807) is 18.2 Å². The Hall–Kier alpha value is -1.22. The first-order valence-corrected chi connectivity index (χ1v) is 4.11. The summed E-state index contributed by atoms with van der Waals surface area (Å²) in [6.45, 7) is 0. The lowest BCUT2D eigenvalue weighted by molar-refractivity contribution is -0.139. The van der Waals surface area contributed by atoms with Gasteiger partial charge in [0, 0.05) is 10.7 Å². The SMILES string of the molecule is COC(=O)Cc1cc(N)cc(Cl)c1. The maximum Gasteiger partial charge on any atom is 0.309 e. The number of methoxy groups -OCH3 is 1. The van der Waals surface area contributed by atoms with E-state index in [1.165, 1.54) is 7.11 Å². The molecule has 13 heavy (non-hydrogen) atoms. The molecule has 2 N–H and O–H groups in total. The summed E-state index contributed by atoms with van der Waals surface area (Å²) in [6, 6.07) is 5.01. The van der Waals surface area contributed by atoms with Crippen LogP contribution in [0.3, 0.4) is 0 Å². The summed E-state index contributed by atoms with van der Waals surface area (Å²) in [4.78, 5) is 10.9. The monoisotopic (exact) mass is 199 g/mol. The maximum atomic E-state index is 10.9. The topological polar surface area (TPSA) is 52.3 Å². The van der Waals surface area contributed by atoms with Crippen LogP contribution in [0.25, 0.3) is 0 Å². The fourth-order valence-electron chi connectivity index (χ4n) is 1.02. The van der Waals surface area contributed by atoms with Gasteiger partial charge in [-0.2, -0.15) is 0 Å². The number of halogens is 1. The fraction of sp³-hybridized carbons (Fsp3) is 0.222. The lowest BCUT2D eigenvalue weighted by atomic mass is 10.1. The van der Waals surface area contributed by atoms with Crippen molar-refractivity contribution in [3.8, 4) is 0 Å². The van der Waals surface area contributed by atoms with Crippen molar-refractivity contribution in [3.05, 3.63) is 28.8 Å². The Morgan fingerprint density at radius 1 is 1.54 bits per heavy atom. The number of benzene rings is 1. The van der Waals surface area contributed by atoms with E-state index in [9.17, 15) is 4.79 Å². The van der Waals surface area contributed by atoms with Crippen LogP contribution < -0.4 is 5.73 Å². The molecule has 3 nitrogen and oxygen atoms in total. The molecule has 0 aliphatic rings. The van der Waals surface area contributed by atoms with Gasteiger partial charge >= 0.3 is 5.97 Å². The molecule has 1 rings (SSSR count). The van der Waals surface area contributed by atoms with E-state index < -0.39 is 0 Å². The van der Waals surface area contributed by atoms with Crippen LogP contribution in [0.1, 0.15) is 5.56 Å². The van der Waals surface area contributed by atoms with Gasteiger partial charge in [0.2, 0.25) is 0 Å². The fourth-order valence-corrected chi connectivity index (χ4v) is 1.28. The van der Waals surface area contributed by atoms with Crippen molar-refractivity contribution >= 4 is 23.3 Å². The zero-order chi connectivity index (χ0) is 9.84. The highest BCUT2D eigenvalue weighted by molar-refractivity contribution is 6.30. The quantitative estimate of drug-likeness (QED) is 0.582. The van der Waals surface area contributed by atoms with Gasteiger partial charge in [0.05, 0.1) is 13.5 Å². The summed E-state index contributed by atoms with van der Waals surface area (Å²) in [5.74, 6) is -0.304. The zero-order valence-corrected chi connectivity index (χ0v) is 7.97. The lowest BCUT2D eigenvalue weighted by Crippen LogP contribution is -2.04. The number of carbonyl (C=O) groups is 1. The van der Waals surface area contributed by atoms with Crippen molar-refractivity contribution in [2.24, 2.45) is 0 Å². The molecule has 0 aromatic heterocycles. The molecular formula is C9H10ClNO2. The molecule has 1 aromatic carbocycles. The third-order valence-electron chi connectivity index (χ3n) is 1.56. The van der Waals surface area contributed by atoms with Gasteiger partial charge in [-0.15, -0.1) is 0 Å². The lowest BCUT2D eigenvalue weighted by Gasteiger charge is -2.02. The van der Waals surface area contributed by atoms with E-state index in [1.807, 2.05) is 0 Å². The molecule has 0 saturated heterocycles. The van der Waals surface area contributed by atoms with Crippen LogP contribution in [0.4, 0.5) is 5.69 Å². The highest BCUT2D eigenvalue weighted by atomic mass is 35.5. The van der Waals surface area contributed by atoms with Crippen molar-refractivity contribution in [3.63, 3.8) is 0 Å². The molecule has 0 bridgehead atoms. The molecule has 70 valence electrons. The van der Waals surface area contributed by atoms with Gasteiger partial charge in [0.25, 0.3) is 0 Å². The Balaban J connectivity index is 2.83. The van der Waals surface area contributed by atoms with Gasteiger partial charge in [0.1, 0.15) is 0 Å². The Bertz CT molecular complexity index is 305. The van der Waals surface area contributed by atoms with Crippen LogP contribution in [0.5, 0.6) is 0 Å². The molecule has 0 radical (unpaired) electrons. The average Bonchev–Trinajstić information content (AvgIpc) is 2.02. The molecule has 0 amide bonds. The summed E-state index contributed by atoms with van der Waals surface area (Å²) in [5.41, 5.74) is 6.85. The van der Waals surface area contributed by atoms with Gasteiger partial charge in [-0.3, -0.25) is 4.79 Å². The van der Waals surface area contributed by atoms with Crippen molar-refractivity contribution in [1.82, 2.24) is 0 Å². The predicted octanol–water partition coefficient (Wildman–Crippen LogP) is 1.64. The van der Waals surface area contributed by atoms with E-state index in [-0.39, 0.29) is 12.4 Å². The number of nitrogens with two attached hydrogens (primary N) is 1. The number of rotatable bonds is 2. The van der Waals surface area contributed by atoms with E-state index in [2.05, 4.69) is 4.74 Å². The molecule has 0 fully saturated rings. The molecule has 0 heterocycles. The summed E-state index contributed by atoms with van der Waals surface area (Å²) < 4.78 is 4.51. The molecule has 0 spiro atoms. The average molecular weight is 200 g/mol. The summed E-state index contributed by atoms with van der Waals surface area (Å²) in [7, 11) is 1.34. The first kappa shape index (κ1) is 9.86. The van der Waals surface area contributed by atoms with Crippen LogP contribution in [0, 0.1) is 0 Å². The normalized spacial score (nSPS) is 9.69. The van der Waals surface area contributed by atoms with Crippen molar-refractivity contribution in [1.29, 1.82) is 0 Å². The first-order valence-electron chi connectivity index (χ1n) is 3.73. The van der Waals surface area contributed by atoms with Crippen molar-refractivity contribution < 1.29 is 9.53 Å². The molecule has 0 atom stereocenters. The molecule has 0 saturated carbocycles. The maximum absolute atomic E-state index is 10.9. The number of ether oxygens (including phenoxy) is 1. The zero-order valence-electron chi connectivity index (χ0n) is 7.21. The standard InChI is InChI=1S/C9H10ClNO2/c1-13-9(12)4-6-2-7(10)5-8(11)3-6/h2-3,5H,4,11H2,1H3. The number of hydrogen-bond donors (Lipinski definition) is 1. The second-order valence-electron chi connectivity index (χ2n) is 2.65. The minimum atomic E-state index is -0.304. The van der Waals surface area contributed by atoms with Crippen LogP contribution in [-0.4, -0.2) is 13.1 Å². The van der Waals surface area contributed by atoms with Crippen molar-refractivity contribution in [2.45, 2.75) is 6.42 Å². The van der Waals surface area contributed by atoms with E-state index in [0.29, 0.717) is 10.7 Å². The third-order valence-corrected chi connectivity index (χ3v) is 1.77. The van der Waals surface area contributed by atoms with Crippen LogP contribution in [-0.2, 0) is 16.0 Å². The second kappa shape index (κ2) is 4.14. The number of carbonyl (C=O) groups excluding carboxylic acids is 1. The van der Waals surface area contributed by atoms with E-state index in [0.717, 1.165) is 5.56 Å². The number of esters is 1. The highest BCUT2D eigenvalue weighted by Gasteiger charge is 2.04. The number of anilines is 1. The van der Waals surface area contributed by atoms with Gasteiger partial charge < -0.3 is 10.5 Å². The van der Waals surface area contributed by atoms with E-state index in [4.69, 9.17) is 17.3 Å². The summed E-state index contributed by atoms with van der Waals surface area (Å²) >= 11 is 5.74. The summed E-state index contributed by atoms with van der Waals surface area (Å²) in [6.07, 6.45) is 0.196. The van der Waals surface area contributed by atoms with Gasteiger partial charge in [-0.1, -0.05) is 11.6 Å². The minimum Gasteiger partial charge on any atom is -0.469 e. The highest BCUT2D eigenvalue weighted by Crippen LogP contribution is 2.17. The molecular weight excluding hydrogens is 190 g/mol. The Morgan fingerprint density at radius 3 is 2.77 bits per heavy atom. The molecule has 1 aromatic rings. The molecule has 4 heteroatoms. The van der Waals surface area contributed by atoms with Crippen LogP contribution in [0.2, 0.25) is 5.02 Å².